The standard InChI is InChI=1S/C14H20N2O/c1-3-16(9-8-15)11(2)14-10-12-6-4-5-7-13(12)17-14/h4-7,10-11H,3,8-9,15H2,1-2H3. The number of hydrogen-bond donors (Lipinski definition) is 1. The van der Waals surface area contributed by atoms with E-state index in [-0.39, 0.29) is 6.04 Å². The average Bonchev–Trinajstić information content (AvgIpc) is 2.78. The number of benzene rings is 1. The molecule has 0 aliphatic carbocycles. The number of nitrogens with two attached hydrogens (primary N) is 1. The zero-order chi connectivity index (χ0) is 12.3. The Morgan fingerprint density at radius 2 is 2.12 bits per heavy atom. The van der Waals surface area contributed by atoms with Crippen LogP contribution in [0.2, 0.25) is 0 Å². The lowest BCUT2D eigenvalue weighted by molar-refractivity contribution is 0.205. The highest BCUT2D eigenvalue weighted by Gasteiger charge is 2.17. The summed E-state index contributed by atoms with van der Waals surface area (Å²) < 4.78 is 5.88. The average molecular weight is 232 g/mol. The summed E-state index contributed by atoms with van der Waals surface area (Å²) in [6.45, 7) is 6.87. The molecule has 2 aromatic rings. The Kier molecular flexibility index (Phi) is 3.82. The van der Waals surface area contributed by atoms with Crippen LogP contribution in [-0.4, -0.2) is 24.5 Å². The fraction of sp³-hybridized carbons (Fsp3) is 0.429. The SMILES string of the molecule is CCN(CCN)C(C)c1cc2ccccc2o1. The van der Waals surface area contributed by atoms with Crippen LogP contribution in [0, 0.1) is 0 Å². The Bertz CT molecular complexity index is 445. The zero-order valence-electron chi connectivity index (χ0n) is 10.5. The van der Waals surface area contributed by atoms with Gasteiger partial charge in [-0.3, -0.25) is 4.90 Å². The minimum atomic E-state index is 0.274. The minimum absolute atomic E-state index is 0.274. The first kappa shape index (κ1) is 12.1. The Balaban J connectivity index is 2.25. The van der Waals surface area contributed by atoms with Gasteiger partial charge in [0.15, 0.2) is 0 Å². The summed E-state index contributed by atoms with van der Waals surface area (Å²) in [5.74, 6) is 1.02. The van der Waals surface area contributed by atoms with E-state index >= 15 is 0 Å². The fourth-order valence-corrected chi connectivity index (χ4v) is 2.18. The maximum Gasteiger partial charge on any atom is 0.134 e. The molecular formula is C14H20N2O. The smallest absolute Gasteiger partial charge is 0.134 e. The van der Waals surface area contributed by atoms with Crippen molar-refractivity contribution >= 4 is 11.0 Å². The monoisotopic (exact) mass is 232 g/mol. The summed E-state index contributed by atoms with van der Waals surface area (Å²) in [5.41, 5.74) is 6.58. The normalized spacial score (nSPS) is 13.4. The van der Waals surface area contributed by atoms with Gasteiger partial charge in [-0.25, -0.2) is 0 Å². The number of likely N-dealkylation sites (N-methyl/N-ethyl adjacent to an activating group) is 1. The lowest BCUT2D eigenvalue weighted by atomic mass is 10.2. The highest BCUT2D eigenvalue weighted by atomic mass is 16.3. The molecular weight excluding hydrogens is 212 g/mol. The van der Waals surface area contributed by atoms with Crippen LogP contribution in [-0.2, 0) is 0 Å². The van der Waals surface area contributed by atoms with Gasteiger partial charge in [0, 0.05) is 18.5 Å². The lowest BCUT2D eigenvalue weighted by Gasteiger charge is -2.25. The van der Waals surface area contributed by atoms with Crippen molar-refractivity contribution < 1.29 is 4.42 Å². The van der Waals surface area contributed by atoms with E-state index < -0.39 is 0 Å². The number of nitrogens with zero attached hydrogens (tertiary/aromatic N) is 1. The number of hydrogen-bond acceptors (Lipinski definition) is 3. The van der Waals surface area contributed by atoms with Crippen LogP contribution in [0.1, 0.15) is 25.6 Å². The van der Waals surface area contributed by atoms with Crippen LogP contribution in [0.25, 0.3) is 11.0 Å². The van der Waals surface area contributed by atoms with Gasteiger partial charge in [-0.2, -0.15) is 0 Å². The molecule has 3 heteroatoms. The molecule has 92 valence electrons. The highest BCUT2D eigenvalue weighted by molar-refractivity contribution is 5.77. The molecule has 1 heterocycles. The molecule has 2 rings (SSSR count). The first-order valence-corrected chi connectivity index (χ1v) is 6.18. The van der Waals surface area contributed by atoms with Crippen LogP contribution in [0.5, 0.6) is 0 Å². The third-order valence-corrected chi connectivity index (χ3v) is 3.23. The van der Waals surface area contributed by atoms with Gasteiger partial charge in [-0.1, -0.05) is 25.1 Å². The molecule has 0 saturated heterocycles. The molecule has 0 saturated carbocycles. The van der Waals surface area contributed by atoms with E-state index in [1.807, 2.05) is 18.2 Å². The van der Waals surface area contributed by atoms with Crippen molar-refractivity contribution in [1.29, 1.82) is 0 Å². The van der Waals surface area contributed by atoms with Gasteiger partial charge in [0.25, 0.3) is 0 Å². The molecule has 0 fully saturated rings. The van der Waals surface area contributed by atoms with Crippen molar-refractivity contribution in [1.82, 2.24) is 4.90 Å². The fourth-order valence-electron chi connectivity index (χ4n) is 2.18. The number of fused-ring (bicyclic) bond motifs is 1. The van der Waals surface area contributed by atoms with E-state index in [2.05, 4.69) is 30.9 Å². The van der Waals surface area contributed by atoms with Gasteiger partial charge in [-0.05, 0) is 25.6 Å². The van der Waals surface area contributed by atoms with Crippen molar-refractivity contribution in [2.45, 2.75) is 19.9 Å². The maximum atomic E-state index is 5.88. The molecule has 1 unspecified atom stereocenters. The molecule has 1 aromatic carbocycles. The molecule has 2 N–H and O–H groups in total. The third kappa shape index (κ3) is 2.51. The largest absolute Gasteiger partial charge is 0.459 e. The van der Waals surface area contributed by atoms with E-state index in [4.69, 9.17) is 10.2 Å². The Morgan fingerprint density at radius 3 is 2.76 bits per heavy atom. The third-order valence-electron chi connectivity index (χ3n) is 3.23. The molecule has 0 bridgehead atoms. The second-order valence-corrected chi connectivity index (χ2v) is 4.28. The van der Waals surface area contributed by atoms with Crippen molar-refractivity contribution in [2.24, 2.45) is 5.73 Å². The summed E-state index contributed by atoms with van der Waals surface area (Å²) >= 11 is 0. The lowest BCUT2D eigenvalue weighted by Crippen LogP contribution is -2.31. The van der Waals surface area contributed by atoms with E-state index in [1.54, 1.807) is 0 Å². The van der Waals surface area contributed by atoms with Gasteiger partial charge < -0.3 is 10.2 Å². The van der Waals surface area contributed by atoms with Gasteiger partial charge in [-0.15, -0.1) is 0 Å². The summed E-state index contributed by atoms with van der Waals surface area (Å²) in [6.07, 6.45) is 0. The van der Waals surface area contributed by atoms with E-state index in [0.717, 1.165) is 29.8 Å². The number of furan rings is 1. The molecule has 0 aliphatic rings. The van der Waals surface area contributed by atoms with Gasteiger partial charge >= 0.3 is 0 Å². The van der Waals surface area contributed by atoms with Crippen LogP contribution in [0.15, 0.2) is 34.7 Å². The maximum absolute atomic E-state index is 5.88. The van der Waals surface area contributed by atoms with Crippen LogP contribution >= 0.6 is 0 Å². The number of rotatable bonds is 5. The van der Waals surface area contributed by atoms with Crippen molar-refractivity contribution in [2.75, 3.05) is 19.6 Å². The van der Waals surface area contributed by atoms with Crippen LogP contribution < -0.4 is 5.73 Å². The first-order valence-electron chi connectivity index (χ1n) is 6.18. The minimum Gasteiger partial charge on any atom is -0.459 e. The van der Waals surface area contributed by atoms with E-state index in [9.17, 15) is 0 Å². The topological polar surface area (TPSA) is 42.4 Å². The summed E-state index contributed by atoms with van der Waals surface area (Å²) in [7, 11) is 0. The molecule has 0 amide bonds. The molecule has 3 nitrogen and oxygen atoms in total. The Morgan fingerprint density at radius 1 is 1.35 bits per heavy atom. The Hall–Kier alpha value is -1.32. The van der Waals surface area contributed by atoms with Crippen molar-refractivity contribution in [3.63, 3.8) is 0 Å². The molecule has 1 atom stereocenters. The number of para-hydroxylation sites is 1. The van der Waals surface area contributed by atoms with Crippen molar-refractivity contribution in [3.8, 4) is 0 Å². The molecule has 0 spiro atoms. The van der Waals surface area contributed by atoms with E-state index in [0.29, 0.717) is 6.54 Å². The highest BCUT2D eigenvalue weighted by Crippen LogP contribution is 2.26. The predicted molar refractivity (Wildman–Crippen MR) is 70.9 cm³/mol. The molecule has 0 aliphatic heterocycles. The molecule has 1 aromatic heterocycles. The van der Waals surface area contributed by atoms with Gasteiger partial charge in [0.05, 0.1) is 6.04 Å². The van der Waals surface area contributed by atoms with E-state index in [1.165, 1.54) is 0 Å². The van der Waals surface area contributed by atoms with Crippen LogP contribution in [0.4, 0.5) is 0 Å². The van der Waals surface area contributed by atoms with Crippen LogP contribution in [0.3, 0.4) is 0 Å². The summed E-state index contributed by atoms with van der Waals surface area (Å²) in [5, 5.41) is 1.16. The Labute approximate surface area is 102 Å². The van der Waals surface area contributed by atoms with Gasteiger partial charge in [0.2, 0.25) is 0 Å². The second kappa shape index (κ2) is 5.34. The molecule has 0 radical (unpaired) electrons. The molecule has 17 heavy (non-hydrogen) atoms. The summed E-state index contributed by atoms with van der Waals surface area (Å²) in [4.78, 5) is 2.32. The van der Waals surface area contributed by atoms with Crippen molar-refractivity contribution in [3.05, 3.63) is 36.1 Å². The summed E-state index contributed by atoms with van der Waals surface area (Å²) in [6, 6.07) is 10.5. The quantitative estimate of drug-likeness (QED) is 0.862. The first-order chi connectivity index (χ1) is 8.26. The second-order valence-electron chi connectivity index (χ2n) is 4.28. The van der Waals surface area contributed by atoms with Gasteiger partial charge in [0.1, 0.15) is 11.3 Å². The zero-order valence-corrected chi connectivity index (χ0v) is 10.5. The predicted octanol–water partition coefficient (Wildman–Crippen LogP) is 2.77.